The third-order valence-corrected chi connectivity index (χ3v) is 14.2. The zero-order valence-electron chi connectivity index (χ0n) is 37.6. The minimum Gasteiger partial charge on any atom is -0.456 e. The first-order valence-electron chi connectivity index (χ1n) is 23.5. The average molecular weight is 931 g/mol. The van der Waals surface area contributed by atoms with E-state index >= 15 is 0 Å². The zero-order valence-corrected chi connectivity index (χ0v) is 38.3. The van der Waals surface area contributed by atoms with Gasteiger partial charge in [-0.15, -0.1) is 0 Å². The number of hydrogen-bond acceptors (Lipinski definition) is 6. The molecule has 8 heteroatoms. The lowest BCUT2D eigenvalue weighted by molar-refractivity contribution is 0.668. The molecule has 5 heterocycles. The number of benzene rings is 10. The Labute approximate surface area is 409 Å². The van der Waals surface area contributed by atoms with Crippen molar-refractivity contribution >= 4 is 99.2 Å². The molecule has 0 fully saturated rings. The van der Waals surface area contributed by atoms with Crippen molar-refractivity contribution in [3.63, 3.8) is 0 Å². The van der Waals surface area contributed by atoms with E-state index in [0.29, 0.717) is 17.2 Å². The molecule has 0 aliphatic rings. The molecule has 0 atom stereocenters. The van der Waals surface area contributed by atoms with Crippen LogP contribution in [0.3, 0.4) is 0 Å². The van der Waals surface area contributed by atoms with Crippen molar-refractivity contribution in [3.05, 3.63) is 212 Å². The second-order valence-corrected chi connectivity index (χ2v) is 18.4. The summed E-state index contributed by atoms with van der Waals surface area (Å²) in [7, 11) is 0. The van der Waals surface area contributed by atoms with Gasteiger partial charge in [0.15, 0.2) is 11.6 Å². The summed E-state index contributed by atoms with van der Waals surface area (Å²) in [6.45, 7) is 0. The summed E-state index contributed by atoms with van der Waals surface area (Å²) in [5, 5.41) is 8.70. The molecule has 15 aromatic rings. The van der Waals surface area contributed by atoms with E-state index in [1.54, 1.807) is 0 Å². The number of hydrogen-bond donors (Lipinski definition) is 1. The molecule has 0 aliphatic heterocycles. The predicted octanol–water partition coefficient (Wildman–Crippen LogP) is 17.9. The second-order valence-electron chi connectivity index (χ2n) is 18.1. The molecule has 0 saturated carbocycles. The van der Waals surface area contributed by atoms with Crippen LogP contribution < -0.4 is 0 Å². The predicted molar refractivity (Wildman–Crippen MR) is 289 cm³/mol. The molecular formula is C63H35ClN4O3. The standard InChI is InChI=1S/C63H35ClN4O3/c64-63-67-61(40-22-26-46-45-14-4-5-20-53(45)69-56(46)33-40)66-62(68-63)41-23-27-49-57(34-41)70-55-21-9-15-42(58(49)55)39-25-29-54-51(32-39)48-19-8-17-44(60(48)71-54)38-13-6-12-37(30-38)43-16-7-18-47-50-31-36(35-10-2-1-3-11-35)24-28-52(50)65-59(43)47/h1-34,65H. The van der Waals surface area contributed by atoms with Crippen molar-refractivity contribution in [2.75, 3.05) is 0 Å². The fourth-order valence-electron chi connectivity index (χ4n) is 10.7. The van der Waals surface area contributed by atoms with Crippen molar-refractivity contribution in [2.24, 2.45) is 0 Å². The van der Waals surface area contributed by atoms with Crippen LogP contribution in [0, 0.1) is 0 Å². The number of nitrogens with zero attached hydrogens (tertiary/aromatic N) is 3. The number of fused-ring (bicyclic) bond motifs is 12. The molecule has 0 radical (unpaired) electrons. The van der Waals surface area contributed by atoms with Gasteiger partial charge in [-0.3, -0.25) is 0 Å². The van der Waals surface area contributed by atoms with E-state index in [-0.39, 0.29) is 5.28 Å². The second kappa shape index (κ2) is 15.4. The molecule has 15 rings (SSSR count). The Kier molecular flexibility index (Phi) is 8.58. The third kappa shape index (κ3) is 6.34. The molecule has 0 aliphatic carbocycles. The molecule has 71 heavy (non-hydrogen) atoms. The molecule has 1 N–H and O–H groups in total. The average Bonchev–Trinajstić information content (AvgIpc) is 4.20. The molecule has 7 nitrogen and oxygen atoms in total. The summed E-state index contributed by atoms with van der Waals surface area (Å²) in [6, 6.07) is 71.7. The van der Waals surface area contributed by atoms with Gasteiger partial charge in [0.25, 0.3) is 0 Å². The van der Waals surface area contributed by atoms with Gasteiger partial charge in [-0.05, 0) is 112 Å². The van der Waals surface area contributed by atoms with Crippen LogP contribution in [0.1, 0.15) is 0 Å². The van der Waals surface area contributed by atoms with Crippen LogP contribution in [-0.2, 0) is 0 Å². The van der Waals surface area contributed by atoms with Crippen molar-refractivity contribution in [1.29, 1.82) is 0 Å². The molecule has 0 saturated heterocycles. The quantitative estimate of drug-likeness (QED) is 0.178. The van der Waals surface area contributed by atoms with E-state index in [4.69, 9.17) is 29.8 Å². The van der Waals surface area contributed by atoms with E-state index < -0.39 is 0 Å². The highest BCUT2D eigenvalue weighted by Crippen LogP contribution is 2.43. The van der Waals surface area contributed by atoms with E-state index in [0.717, 1.165) is 116 Å². The van der Waals surface area contributed by atoms with Gasteiger partial charge in [-0.2, -0.15) is 9.97 Å². The van der Waals surface area contributed by atoms with E-state index in [9.17, 15) is 0 Å². The molecule has 5 aromatic heterocycles. The Bertz CT molecular complexity index is 4680. The van der Waals surface area contributed by atoms with Crippen LogP contribution in [0.2, 0.25) is 5.28 Å². The number of aromatic amines is 1. The SMILES string of the molecule is Clc1nc(-c2ccc3c(c2)oc2ccccc23)nc(-c2ccc3c(c2)oc2cccc(-c4ccc5oc6c(-c7cccc(-c8cccc9c8[nH]c8ccc(-c%10ccccc%10)cc89)c7)cccc6c5c4)c23)n1. The maximum absolute atomic E-state index is 6.75. The largest absolute Gasteiger partial charge is 0.456 e. The molecule has 0 amide bonds. The third-order valence-electron chi connectivity index (χ3n) is 14.0. The molecular weight excluding hydrogens is 896 g/mol. The van der Waals surface area contributed by atoms with Crippen molar-refractivity contribution < 1.29 is 13.3 Å². The maximum atomic E-state index is 6.75. The zero-order chi connectivity index (χ0) is 46.7. The summed E-state index contributed by atoms with van der Waals surface area (Å²) < 4.78 is 19.5. The number of nitrogens with one attached hydrogen (secondary N) is 1. The lowest BCUT2D eigenvalue weighted by atomic mass is 9.95. The topological polar surface area (TPSA) is 93.9 Å². The minimum atomic E-state index is 0.0989. The Morgan fingerprint density at radius 3 is 1.76 bits per heavy atom. The monoisotopic (exact) mass is 930 g/mol. The first-order valence-corrected chi connectivity index (χ1v) is 23.9. The Hall–Kier alpha value is -9.30. The van der Waals surface area contributed by atoms with Gasteiger partial charge in [-0.25, -0.2) is 4.98 Å². The van der Waals surface area contributed by atoms with Crippen molar-refractivity contribution in [1.82, 2.24) is 19.9 Å². The van der Waals surface area contributed by atoms with Crippen LogP contribution in [-0.4, -0.2) is 19.9 Å². The lowest BCUT2D eigenvalue weighted by Crippen LogP contribution is -1.97. The highest BCUT2D eigenvalue weighted by atomic mass is 35.5. The number of rotatable bonds is 6. The Morgan fingerprint density at radius 1 is 0.324 bits per heavy atom. The van der Waals surface area contributed by atoms with Gasteiger partial charge < -0.3 is 18.2 Å². The number of furan rings is 3. The summed E-state index contributed by atoms with van der Waals surface area (Å²) >= 11 is 6.57. The summed E-state index contributed by atoms with van der Waals surface area (Å²) in [5.41, 5.74) is 17.5. The molecule has 0 unspecified atom stereocenters. The normalized spacial score (nSPS) is 12.0. The number of aromatic nitrogens is 4. The van der Waals surface area contributed by atoms with Gasteiger partial charge in [-0.1, -0.05) is 140 Å². The maximum Gasteiger partial charge on any atom is 0.226 e. The molecule has 332 valence electrons. The summed E-state index contributed by atoms with van der Waals surface area (Å²) in [6.07, 6.45) is 0. The fourth-order valence-corrected chi connectivity index (χ4v) is 10.9. The number of H-pyrrole nitrogens is 1. The van der Waals surface area contributed by atoms with Crippen molar-refractivity contribution in [3.8, 4) is 67.3 Å². The van der Waals surface area contributed by atoms with Gasteiger partial charge in [0.05, 0.1) is 5.52 Å². The molecule has 0 bridgehead atoms. The van der Waals surface area contributed by atoms with Crippen LogP contribution in [0.4, 0.5) is 0 Å². The first-order chi connectivity index (χ1) is 35.0. The van der Waals surface area contributed by atoms with E-state index in [2.05, 4.69) is 161 Å². The van der Waals surface area contributed by atoms with Gasteiger partial charge in [0.1, 0.15) is 33.5 Å². The number of halogens is 1. The molecule has 10 aromatic carbocycles. The van der Waals surface area contributed by atoms with Crippen LogP contribution in [0.5, 0.6) is 0 Å². The van der Waals surface area contributed by atoms with Gasteiger partial charge >= 0.3 is 0 Å². The first kappa shape index (κ1) is 39.7. The highest BCUT2D eigenvalue weighted by molar-refractivity contribution is 6.28. The fraction of sp³-hybridized carbons (Fsp3) is 0. The Morgan fingerprint density at radius 2 is 0.901 bits per heavy atom. The van der Waals surface area contributed by atoms with E-state index in [1.165, 1.54) is 21.9 Å². The Balaban J connectivity index is 0.778. The van der Waals surface area contributed by atoms with Crippen LogP contribution in [0.15, 0.2) is 220 Å². The van der Waals surface area contributed by atoms with Crippen LogP contribution in [0.25, 0.3) is 155 Å². The number of para-hydroxylation sites is 3. The highest BCUT2D eigenvalue weighted by Gasteiger charge is 2.20. The van der Waals surface area contributed by atoms with Gasteiger partial charge in [0.2, 0.25) is 5.28 Å². The summed E-state index contributed by atoms with van der Waals surface area (Å²) in [5.74, 6) is 0.898. The summed E-state index contributed by atoms with van der Waals surface area (Å²) in [4.78, 5) is 17.7. The molecule has 0 spiro atoms. The van der Waals surface area contributed by atoms with Gasteiger partial charge in [0, 0.05) is 70.9 Å². The van der Waals surface area contributed by atoms with Crippen molar-refractivity contribution in [2.45, 2.75) is 0 Å². The van der Waals surface area contributed by atoms with E-state index in [1.807, 2.05) is 60.7 Å². The lowest BCUT2D eigenvalue weighted by Gasteiger charge is -2.08. The minimum absolute atomic E-state index is 0.0989. The smallest absolute Gasteiger partial charge is 0.226 e. The van der Waals surface area contributed by atoms with Crippen LogP contribution >= 0.6 is 11.6 Å².